The molecule has 0 radical (unpaired) electrons. The number of amidine groups is 1. The number of nitrogens with zero attached hydrogens (tertiary/aromatic N) is 5. The molecule has 4 aliphatic rings. The standard InChI is InChI=1S/C29H32ClFN6O5S/c1-42-28(40)23-22(33-25(26-32-8-11-43-26)34-24(23)20-7-4-17(31)12-21(20)30)15-35-9-10-36-19(13-35)14-37(29(36)41)18-5-2-16(3-6-18)27(38)39/h4,7-8,11-12,16,18-19,24H,2-3,5-6,9-10,13-15H2,1H3,(H,33,34)(H,38,39)/t16-,18+,19-,24-/m0/s1. The number of rotatable bonds is 7. The highest BCUT2D eigenvalue weighted by molar-refractivity contribution is 7.11. The second kappa shape index (κ2) is 12.2. The third kappa shape index (κ3) is 5.85. The molecule has 6 rings (SSSR count). The maximum atomic E-state index is 13.9. The highest BCUT2D eigenvalue weighted by Crippen LogP contribution is 2.37. The van der Waals surface area contributed by atoms with Crippen molar-refractivity contribution in [1.82, 2.24) is 25.0 Å². The lowest BCUT2D eigenvalue weighted by Gasteiger charge is -2.38. The number of aliphatic imine (C=N–C) groups is 1. The zero-order chi connectivity index (χ0) is 30.2. The quantitative estimate of drug-likeness (QED) is 0.445. The van der Waals surface area contributed by atoms with Gasteiger partial charge in [-0.2, -0.15) is 0 Å². The van der Waals surface area contributed by atoms with Gasteiger partial charge in [0, 0.05) is 66.6 Å². The number of carboxylic acid groups (broad SMARTS) is 1. The minimum absolute atomic E-state index is 0.0119. The molecule has 1 aromatic carbocycles. The molecule has 2 saturated heterocycles. The summed E-state index contributed by atoms with van der Waals surface area (Å²) in [5.41, 5.74) is 1.33. The number of benzene rings is 1. The Bertz CT molecular complexity index is 1480. The number of fused-ring (bicyclic) bond motifs is 1. The van der Waals surface area contributed by atoms with Crippen molar-refractivity contribution >= 4 is 46.7 Å². The average molecular weight is 631 g/mol. The third-order valence-electron chi connectivity index (χ3n) is 8.76. The second-order valence-electron chi connectivity index (χ2n) is 11.3. The first-order valence-corrected chi connectivity index (χ1v) is 15.5. The first-order valence-electron chi connectivity index (χ1n) is 14.3. The summed E-state index contributed by atoms with van der Waals surface area (Å²) in [5, 5.41) is 15.3. The van der Waals surface area contributed by atoms with E-state index < -0.39 is 23.8 Å². The van der Waals surface area contributed by atoms with Gasteiger partial charge in [0.25, 0.3) is 0 Å². The fourth-order valence-electron chi connectivity index (χ4n) is 6.57. The number of methoxy groups -OCH3 is 1. The smallest absolute Gasteiger partial charge is 0.338 e. The Morgan fingerprint density at radius 1 is 1.16 bits per heavy atom. The van der Waals surface area contributed by atoms with Crippen molar-refractivity contribution in [3.8, 4) is 0 Å². The average Bonchev–Trinajstić information content (AvgIpc) is 3.65. The number of halogens is 2. The van der Waals surface area contributed by atoms with Gasteiger partial charge in [0.2, 0.25) is 0 Å². The van der Waals surface area contributed by atoms with Gasteiger partial charge in [-0.25, -0.2) is 19.0 Å². The Morgan fingerprint density at radius 2 is 1.95 bits per heavy atom. The van der Waals surface area contributed by atoms with Crippen molar-refractivity contribution in [3.63, 3.8) is 0 Å². The molecule has 3 fully saturated rings. The largest absolute Gasteiger partial charge is 0.481 e. The van der Waals surface area contributed by atoms with Crippen LogP contribution in [0.15, 0.2) is 46.0 Å². The van der Waals surface area contributed by atoms with Crippen molar-refractivity contribution in [3.05, 3.63) is 62.5 Å². The Kier molecular flexibility index (Phi) is 8.38. The predicted molar refractivity (Wildman–Crippen MR) is 157 cm³/mol. The van der Waals surface area contributed by atoms with Gasteiger partial charge in [0.15, 0.2) is 10.8 Å². The van der Waals surface area contributed by atoms with Gasteiger partial charge in [-0.05, 0) is 37.8 Å². The maximum Gasteiger partial charge on any atom is 0.338 e. The van der Waals surface area contributed by atoms with Gasteiger partial charge in [-0.1, -0.05) is 17.7 Å². The van der Waals surface area contributed by atoms with Crippen LogP contribution in [0.3, 0.4) is 0 Å². The molecular weight excluding hydrogens is 599 g/mol. The van der Waals surface area contributed by atoms with Crippen LogP contribution < -0.4 is 5.32 Å². The normalized spacial score (nSPS) is 26.2. The first-order chi connectivity index (χ1) is 20.7. The minimum atomic E-state index is -0.846. The Labute approximate surface area is 257 Å². The number of carbonyl (C=O) groups excluding carboxylic acids is 2. The zero-order valence-corrected chi connectivity index (χ0v) is 25.1. The van der Waals surface area contributed by atoms with E-state index in [1.165, 1.54) is 36.6 Å². The lowest BCUT2D eigenvalue weighted by atomic mass is 9.85. The van der Waals surface area contributed by atoms with Crippen molar-refractivity contribution in [2.45, 2.75) is 43.8 Å². The van der Waals surface area contributed by atoms with Crippen LogP contribution in [0.2, 0.25) is 5.02 Å². The molecule has 228 valence electrons. The van der Waals surface area contributed by atoms with E-state index in [1.54, 1.807) is 6.20 Å². The number of carbonyl (C=O) groups is 3. The van der Waals surface area contributed by atoms with Gasteiger partial charge >= 0.3 is 18.0 Å². The lowest BCUT2D eigenvalue weighted by molar-refractivity contribution is -0.143. The number of hydrogen-bond donors (Lipinski definition) is 2. The van der Waals surface area contributed by atoms with Crippen LogP contribution in [0.4, 0.5) is 9.18 Å². The third-order valence-corrected chi connectivity index (χ3v) is 9.86. The Morgan fingerprint density at radius 3 is 2.63 bits per heavy atom. The SMILES string of the molecule is COC(=O)C1=C(CN2CCN3C(=O)N([C@H]4CC[C@@H](C(=O)O)CC4)C[C@@H]3C2)NC(c2nccs2)=N[C@H]1c1ccc(F)cc1Cl. The number of ether oxygens (including phenoxy) is 1. The summed E-state index contributed by atoms with van der Waals surface area (Å²) in [4.78, 5) is 53.2. The number of carboxylic acids is 1. The van der Waals surface area contributed by atoms with E-state index in [0.29, 0.717) is 80.5 Å². The molecule has 2 N–H and O–H groups in total. The van der Waals surface area contributed by atoms with Crippen LogP contribution in [0, 0.1) is 11.7 Å². The van der Waals surface area contributed by atoms with E-state index in [2.05, 4.69) is 15.2 Å². The summed E-state index contributed by atoms with van der Waals surface area (Å²) in [6.07, 6.45) is 4.22. The monoisotopic (exact) mass is 630 g/mol. The van der Waals surface area contributed by atoms with Crippen LogP contribution in [-0.2, 0) is 14.3 Å². The van der Waals surface area contributed by atoms with Crippen molar-refractivity contribution in [2.24, 2.45) is 10.9 Å². The number of hydrogen-bond acceptors (Lipinski definition) is 9. The molecule has 1 aromatic heterocycles. The van der Waals surface area contributed by atoms with E-state index in [1.807, 2.05) is 15.2 Å². The number of esters is 1. The molecule has 1 saturated carbocycles. The number of thiazole rings is 1. The summed E-state index contributed by atoms with van der Waals surface area (Å²) in [7, 11) is 1.30. The first kappa shape index (κ1) is 29.5. The summed E-state index contributed by atoms with van der Waals surface area (Å²) in [6.45, 7) is 2.65. The van der Waals surface area contributed by atoms with Crippen molar-refractivity contribution in [1.29, 1.82) is 0 Å². The minimum Gasteiger partial charge on any atom is -0.481 e. The fraction of sp³-hybridized carbons (Fsp3) is 0.483. The van der Waals surface area contributed by atoms with Crippen LogP contribution in [0.25, 0.3) is 0 Å². The van der Waals surface area contributed by atoms with Crippen LogP contribution in [0.1, 0.15) is 42.3 Å². The van der Waals surface area contributed by atoms with Gasteiger partial charge < -0.3 is 25.0 Å². The topological polar surface area (TPSA) is 128 Å². The molecule has 14 heteroatoms. The number of aromatic nitrogens is 1. The summed E-state index contributed by atoms with van der Waals surface area (Å²) < 4.78 is 19.1. The fourth-order valence-corrected chi connectivity index (χ4v) is 7.43. The van der Waals surface area contributed by atoms with Crippen LogP contribution in [-0.4, -0.2) is 101 Å². The molecular formula is C29H32ClFN6O5S. The Balaban J connectivity index is 1.24. The van der Waals surface area contributed by atoms with Gasteiger partial charge in [0.1, 0.15) is 11.9 Å². The molecule has 3 aliphatic heterocycles. The zero-order valence-electron chi connectivity index (χ0n) is 23.5. The molecule has 0 spiro atoms. The van der Waals surface area contributed by atoms with Gasteiger partial charge in [-0.3, -0.25) is 14.7 Å². The number of urea groups is 1. The molecule has 2 aromatic rings. The van der Waals surface area contributed by atoms with E-state index in [0.717, 1.165) is 0 Å². The molecule has 4 heterocycles. The molecule has 43 heavy (non-hydrogen) atoms. The predicted octanol–water partition coefficient (Wildman–Crippen LogP) is 3.52. The maximum absolute atomic E-state index is 13.9. The van der Waals surface area contributed by atoms with Crippen molar-refractivity contribution in [2.75, 3.05) is 39.8 Å². The van der Waals surface area contributed by atoms with E-state index >= 15 is 0 Å². The molecule has 0 unspecified atom stereocenters. The molecule has 0 bridgehead atoms. The molecule has 2 atom stereocenters. The highest BCUT2D eigenvalue weighted by atomic mass is 35.5. The van der Waals surface area contributed by atoms with Crippen LogP contribution in [0.5, 0.6) is 0 Å². The Hall–Kier alpha value is -3.55. The summed E-state index contributed by atoms with van der Waals surface area (Å²) >= 11 is 7.86. The number of nitrogens with one attached hydrogen (secondary N) is 1. The van der Waals surface area contributed by atoms with Crippen molar-refractivity contribution < 1.29 is 28.6 Å². The summed E-state index contributed by atoms with van der Waals surface area (Å²) in [6, 6.07) is 3.19. The number of piperazine rings is 1. The van der Waals surface area contributed by atoms with Gasteiger partial charge in [0.05, 0.1) is 24.6 Å². The van der Waals surface area contributed by atoms with E-state index in [4.69, 9.17) is 21.3 Å². The molecule has 1 aliphatic carbocycles. The lowest BCUT2D eigenvalue weighted by Crippen LogP contribution is -2.53. The van der Waals surface area contributed by atoms with E-state index in [-0.39, 0.29) is 34.6 Å². The number of amides is 2. The highest BCUT2D eigenvalue weighted by Gasteiger charge is 2.45. The van der Waals surface area contributed by atoms with Crippen LogP contribution >= 0.6 is 22.9 Å². The molecule has 11 nitrogen and oxygen atoms in total. The summed E-state index contributed by atoms with van der Waals surface area (Å²) in [5.74, 6) is -1.70. The molecule has 2 amide bonds. The number of aliphatic carboxylic acids is 1. The van der Waals surface area contributed by atoms with Gasteiger partial charge in [-0.15, -0.1) is 11.3 Å². The van der Waals surface area contributed by atoms with E-state index in [9.17, 15) is 23.9 Å². The second-order valence-corrected chi connectivity index (χ2v) is 12.6.